The molecule has 0 bridgehead atoms. The van der Waals surface area contributed by atoms with Crippen LogP contribution in [0.2, 0.25) is 0 Å². The maximum absolute atomic E-state index is 12.9. The fourth-order valence-corrected chi connectivity index (χ4v) is 8.08. The lowest BCUT2D eigenvalue weighted by atomic mass is 10.1. The van der Waals surface area contributed by atoms with Crippen molar-refractivity contribution in [2.75, 3.05) is 13.2 Å². The quantitative estimate of drug-likeness (QED) is 0.0261. The molecule has 0 radical (unpaired) electrons. The van der Waals surface area contributed by atoms with Gasteiger partial charge in [-0.3, -0.25) is 14.4 Å². The van der Waals surface area contributed by atoms with Crippen molar-refractivity contribution >= 4 is 17.9 Å². The van der Waals surface area contributed by atoms with Gasteiger partial charge < -0.3 is 14.2 Å². The molecule has 0 saturated heterocycles. The van der Waals surface area contributed by atoms with E-state index in [9.17, 15) is 14.4 Å². The van der Waals surface area contributed by atoms with Gasteiger partial charge in [-0.05, 0) is 122 Å². The number of rotatable bonds is 53. The van der Waals surface area contributed by atoms with Gasteiger partial charge in [-0.15, -0.1) is 0 Å². The van der Waals surface area contributed by atoms with E-state index in [1.54, 1.807) is 0 Å². The zero-order valence-corrected chi connectivity index (χ0v) is 46.5. The van der Waals surface area contributed by atoms with Crippen molar-refractivity contribution < 1.29 is 28.6 Å². The first-order chi connectivity index (χ1) is 35.0. The highest BCUT2D eigenvalue weighted by Crippen LogP contribution is 2.14. The molecule has 0 saturated carbocycles. The predicted molar refractivity (Wildman–Crippen MR) is 307 cm³/mol. The van der Waals surface area contributed by atoms with E-state index >= 15 is 0 Å². The standard InChI is InChI=1S/C65H110O6/c1-4-7-10-13-16-19-22-25-28-30-32-33-34-36-37-40-43-46-49-52-55-58-64(67)70-61-62(60-69-63(66)57-54-51-48-45-42-39-27-24-21-18-15-12-9-6-3)71-65(68)59-56-53-50-47-44-41-38-35-31-29-26-23-20-17-14-11-8-5-2/h7,10,16,19-20,23-25,27-29,31-33,36-37,62H,4-6,8-9,11-15,17-18,21-22,26,30,34-35,38-61H2,1-3H3/b10-7-,19-16-,23-20-,27-24-,28-25-,31-29-,33-32-,37-36-. The lowest BCUT2D eigenvalue weighted by Gasteiger charge is -2.18. The van der Waals surface area contributed by atoms with Crippen molar-refractivity contribution in [3.63, 3.8) is 0 Å². The minimum absolute atomic E-state index is 0.0916. The highest BCUT2D eigenvalue weighted by Gasteiger charge is 2.19. The number of unbranched alkanes of at least 4 members (excludes halogenated alkanes) is 26. The Kier molecular flexibility index (Phi) is 55.9. The second-order valence-electron chi connectivity index (χ2n) is 19.5. The molecule has 0 aromatic carbocycles. The Morgan fingerprint density at radius 1 is 0.296 bits per heavy atom. The minimum Gasteiger partial charge on any atom is -0.462 e. The maximum atomic E-state index is 12.9. The van der Waals surface area contributed by atoms with Gasteiger partial charge in [0.05, 0.1) is 0 Å². The second kappa shape index (κ2) is 58.9. The summed E-state index contributed by atoms with van der Waals surface area (Å²) in [4.78, 5) is 38.2. The first-order valence-corrected chi connectivity index (χ1v) is 29.7. The normalized spacial score (nSPS) is 12.8. The van der Waals surface area contributed by atoms with Crippen LogP contribution >= 0.6 is 0 Å². The fraction of sp³-hybridized carbons (Fsp3) is 0.708. The van der Waals surface area contributed by atoms with Crippen LogP contribution in [0.5, 0.6) is 0 Å². The molecule has 0 aliphatic heterocycles. The number of allylic oxidation sites excluding steroid dienone is 16. The molecule has 0 aliphatic carbocycles. The molecule has 1 unspecified atom stereocenters. The first-order valence-electron chi connectivity index (χ1n) is 29.7. The molecule has 0 spiro atoms. The van der Waals surface area contributed by atoms with Crippen LogP contribution in [0.25, 0.3) is 0 Å². The molecule has 0 heterocycles. The van der Waals surface area contributed by atoms with Crippen LogP contribution in [0.3, 0.4) is 0 Å². The smallest absolute Gasteiger partial charge is 0.306 e. The van der Waals surface area contributed by atoms with E-state index in [1.807, 2.05) is 0 Å². The van der Waals surface area contributed by atoms with Crippen molar-refractivity contribution in [1.29, 1.82) is 0 Å². The zero-order chi connectivity index (χ0) is 51.4. The Labute approximate surface area is 438 Å². The molecular formula is C65H110O6. The molecule has 0 aliphatic rings. The lowest BCUT2D eigenvalue weighted by molar-refractivity contribution is -0.167. The Morgan fingerprint density at radius 3 is 0.887 bits per heavy atom. The summed E-state index contributed by atoms with van der Waals surface area (Å²) in [7, 11) is 0. The highest BCUT2D eigenvalue weighted by molar-refractivity contribution is 5.71. The molecule has 6 heteroatoms. The number of hydrogen-bond donors (Lipinski definition) is 0. The minimum atomic E-state index is -0.795. The number of esters is 3. The fourth-order valence-electron chi connectivity index (χ4n) is 8.08. The van der Waals surface area contributed by atoms with E-state index in [-0.39, 0.29) is 31.1 Å². The third-order valence-corrected chi connectivity index (χ3v) is 12.5. The predicted octanol–water partition coefficient (Wildman–Crippen LogP) is 20.1. The number of ether oxygens (including phenoxy) is 3. The SMILES string of the molecule is CC/C=C\C/C=C\C/C=C\C/C=C\C/C=C\CCCCCCCC(=O)OCC(COC(=O)CCCCCCC/C=C\CCCCCCC)OC(=O)CCCCCCCCC/C=C\C/C=C\CCCCCC. The summed E-state index contributed by atoms with van der Waals surface area (Å²) in [6.45, 7) is 6.48. The Morgan fingerprint density at radius 2 is 0.549 bits per heavy atom. The summed E-state index contributed by atoms with van der Waals surface area (Å²) >= 11 is 0. The molecule has 0 fully saturated rings. The van der Waals surface area contributed by atoms with Gasteiger partial charge in [-0.1, -0.05) is 234 Å². The molecule has 6 nitrogen and oxygen atoms in total. The van der Waals surface area contributed by atoms with E-state index in [1.165, 1.54) is 109 Å². The lowest BCUT2D eigenvalue weighted by Crippen LogP contribution is -2.30. The van der Waals surface area contributed by atoms with Gasteiger partial charge in [0.25, 0.3) is 0 Å². The summed E-state index contributed by atoms with van der Waals surface area (Å²) in [5, 5.41) is 0. The molecule has 1 atom stereocenters. The average molecular weight is 988 g/mol. The van der Waals surface area contributed by atoms with E-state index in [0.717, 1.165) is 128 Å². The Hall–Kier alpha value is -3.67. The Balaban J connectivity index is 4.44. The summed E-state index contributed by atoms with van der Waals surface area (Å²) in [6.07, 6.45) is 78.2. The van der Waals surface area contributed by atoms with Gasteiger partial charge in [0, 0.05) is 19.3 Å². The van der Waals surface area contributed by atoms with Crippen molar-refractivity contribution in [1.82, 2.24) is 0 Å². The van der Waals surface area contributed by atoms with E-state index < -0.39 is 6.10 Å². The van der Waals surface area contributed by atoms with Crippen LogP contribution in [0.4, 0.5) is 0 Å². The maximum Gasteiger partial charge on any atom is 0.306 e. The monoisotopic (exact) mass is 987 g/mol. The summed E-state index contributed by atoms with van der Waals surface area (Å²) in [5.41, 5.74) is 0. The number of hydrogen-bond acceptors (Lipinski definition) is 6. The van der Waals surface area contributed by atoms with Crippen molar-refractivity contribution in [3.05, 3.63) is 97.2 Å². The number of carbonyl (C=O) groups is 3. The molecule has 0 rings (SSSR count). The van der Waals surface area contributed by atoms with Crippen LogP contribution < -0.4 is 0 Å². The molecule has 71 heavy (non-hydrogen) atoms. The van der Waals surface area contributed by atoms with Crippen LogP contribution in [0.1, 0.15) is 278 Å². The van der Waals surface area contributed by atoms with Crippen molar-refractivity contribution in [3.8, 4) is 0 Å². The summed E-state index contributed by atoms with van der Waals surface area (Å²) in [6, 6.07) is 0. The van der Waals surface area contributed by atoms with E-state index in [0.29, 0.717) is 19.3 Å². The molecular weight excluding hydrogens is 877 g/mol. The van der Waals surface area contributed by atoms with Crippen molar-refractivity contribution in [2.45, 2.75) is 284 Å². The summed E-state index contributed by atoms with van der Waals surface area (Å²) < 4.78 is 16.9. The van der Waals surface area contributed by atoms with Crippen LogP contribution in [-0.2, 0) is 28.6 Å². The van der Waals surface area contributed by atoms with Gasteiger partial charge in [-0.25, -0.2) is 0 Å². The number of carbonyl (C=O) groups excluding carboxylic acids is 3. The third-order valence-electron chi connectivity index (χ3n) is 12.5. The largest absolute Gasteiger partial charge is 0.462 e. The summed E-state index contributed by atoms with van der Waals surface area (Å²) in [5.74, 6) is -0.922. The Bertz CT molecular complexity index is 1410. The van der Waals surface area contributed by atoms with E-state index in [2.05, 4.69) is 118 Å². The van der Waals surface area contributed by atoms with Gasteiger partial charge in [0.15, 0.2) is 6.10 Å². The molecule has 0 aromatic heterocycles. The van der Waals surface area contributed by atoms with Gasteiger partial charge in [0.1, 0.15) is 13.2 Å². The van der Waals surface area contributed by atoms with Crippen LogP contribution in [-0.4, -0.2) is 37.2 Å². The van der Waals surface area contributed by atoms with Gasteiger partial charge in [0.2, 0.25) is 0 Å². The molecule has 0 aromatic rings. The van der Waals surface area contributed by atoms with Crippen LogP contribution in [0, 0.1) is 0 Å². The van der Waals surface area contributed by atoms with Crippen LogP contribution in [0.15, 0.2) is 97.2 Å². The molecule has 0 amide bonds. The first kappa shape index (κ1) is 67.3. The van der Waals surface area contributed by atoms with E-state index in [4.69, 9.17) is 14.2 Å². The second-order valence-corrected chi connectivity index (χ2v) is 19.5. The average Bonchev–Trinajstić information content (AvgIpc) is 3.37. The molecule has 406 valence electrons. The van der Waals surface area contributed by atoms with Crippen molar-refractivity contribution in [2.24, 2.45) is 0 Å². The van der Waals surface area contributed by atoms with Gasteiger partial charge in [-0.2, -0.15) is 0 Å². The van der Waals surface area contributed by atoms with Gasteiger partial charge >= 0.3 is 17.9 Å². The third kappa shape index (κ3) is 57.1. The highest BCUT2D eigenvalue weighted by atomic mass is 16.6. The molecule has 0 N–H and O–H groups in total. The topological polar surface area (TPSA) is 78.9 Å². The zero-order valence-electron chi connectivity index (χ0n) is 46.5.